The van der Waals surface area contributed by atoms with Gasteiger partial charge in [0.15, 0.2) is 0 Å². The molecular weight excluding hydrogens is 1050 g/mol. The van der Waals surface area contributed by atoms with Gasteiger partial charge in [-0.25, -0.2) is 0 Å². The number of hydrazine groups is 1. The number of halogens is 2. The van der Waals surface area contributed by atoms with E-state index < -0.39 is 6.04 Å². The fourth-order valence-electron chi connectivity index (χ4n) is 2.11. The maximum atomic E-state index is 8.82. The minimum absolute atomic E-state index is 0.00945. The standard InChI is InChI=1S/C13H17N4.C13H15N4.I2.2W/c2*1-6-10(2)12(4)11(3)8-16-17-13(7-14)9-15-5;1-2;;/h13,16-17H,9H2,1-4H3;16H,9H2,1-4H3;;;/q2*-1;;;. The van der Waals surface area contributed by atoms with Crippen LogP contribution in [0.5, 0.6) is 0 Å². The second kappa shape index (κ2) is 26.1. The molecule has 0 aliphatic carbocycles. The zero-order valence-corrected chi connectivity index (χ0v) is 33.0. The Balaban J connectivity index is -0.000000605. The van der Waals surface area contributed by atoms with Crippen LogP contribution in [-0.2, 0) is 38.7 Å². The fourth-order valence-corrected chi connectivity index (χ4v) is 3.58. The molecule has 8 nitrogen and oxygen atoms in total. The zero-order chi connectivity index (χ0) is 30.3. The third-order valence-corrected chi connectivity index (χ3v) is 8.02. The first-order valence-electron chi connectivity index (χ1n) is 10.9. The van der Waals surface area contributed by atoms with E-state index in [1.807, 2.05) is 67.5 Å². The molecule has 0 aliphatic rings. The van der Waals surface area contributed by atoms with Gasteiger partial charge in [0, 0.05) is 37.2 Å². The van der Waals surface area contributed by atoms with Crippen molar-refractivity contribution in [2.45, 2.75) is 61.4 Å². The molecular formula is C26H32I2N8W2-2. The predicted molar refractivity (Wildman–Crippen MR) is 166 cm³/mol. The van der Waals surface area contributed by atoms with Crippen LogP contribution in [0, 0.1) is 48.0 Å². The third kappa shape index (κ3) is 18.2. The van der Waals surface area contributed by atoms with Gasteiger partial charge < -0.3 is 0 Å². The minimum atomic E-state index is -0.487. The van der Waals surface area contributed by atoms with Crippen molar-refractivity contribution in [2.75, 3.05) is 13.1 Å². The number of nitrogens with zero attached hydrogens (tertiary/aromatic N) is 5. The molecule has 1 atom stereocenters. The van der Waals surface area contributed by atoms with Crippen LogP contribution >= 0.6 is 37.2 Å². The van der Waals surface area contributed by atoms with E-state index in [1.165, 1.54) is 44.3 Å². The van der Waals surface area contributed by atoms with Gasteiger partial charge in [0.2, 0.25) is 0 Å². The van der Waals surface area contributed by atoms with Gasteiger partial charge >= 0.3 is 239 Å². The Morgan fingerprint density at radius 3 is 1.74 bits per heavy atom. The van der Waals surface area contributed by atoms with Crippen LogP contribution in [0.4, 0.5) is 0 Å². The first-order valence-corrected chi connectivity index (χ1v) is 20.1. The molecule has 0 aromatic carbocycles. The topological polar surface area (TPSA) is 105 Å². The quantitative estimate of drug-likeness (QED) is 0.0823. The van der Waals surface area contributed by atoms with Crippen molar-refractivity contribution < 1.29 is 38.7 Å². The molecule has 0 fully saturated rings. The van der Waals surface area contributed by atoms with Gasteiger partial charge in [-0.3, -0.25) is 0 Å². The molecule has 0 rings (SSSR count). The second-order valence-electron chi connectivity index (χ2n) is 7.30. The Morgan fingerprint density at radius 1 is 0.895 bits per heavy atom. The Morgan fingerprint density at radius 2 is 1.37 bits per heavy atom. The molecule has 0 aliphatic heterocycles. The van der Waals surface area contributed by atoms with Crippen LogP contribution in [-0.4, -0.2) is 32.9 Å². The third-order valence-electron chi connectivity index (χ3n) is 5.12. The van der Waals surface area contributed by atoms with Crippen LogP contribution in [0.15, 0.2) is 38.5 Å². The molecule has 38 heavy (non-hydrogen) atoms. The van der Waals surface area contributed by atoms with E-state index in [-0.39, 0.29) is 18.8 Å². The summed E-state index contributed by atoms with van der Waals surface area (Å²) >= 11 is 6.75. The average Bonchev–Trinajstić information content (AvgIpc) is 2.95. The van der Waals surface area contributed by atoms with Crippen LogP contribution < -0.4 is 16.3 Å². The summed E-state index contributed by atoms with van der Waals surface area (Å²) in [5.74, 6) is 0. The van der Waals surface area contributed by atoms with Gasteiger partial charge in [0.25, 0.3) is 0 Å². The molecule has 0 saturated carbocycles. The van der Waals surface area contributed by atoms with E-state index in [2.05, 4.69) is 80.5 Å². The normalized spacial score (nSPS) is 13.2. The first kappa shape index (κ1) is 41.4. The van der Waals surface area contributed by atoms with E-state index in [0.717, 1.165) is 35.9 Å². The summed E-state index contributed by atoms with van der Waals surface area (Å²) in [7, 11) is 0. The predicted octanol–water partition coefficient (Wildman–Crippen LogP) is 5.60. The van der Waals surface area contributed by atoms with Gasteiger partial charge in [-0.15, -0.1) is 0 Å². The van der Waals surface area contributed by atoms with Crippen LogP contribution in [0.2, 0.25) is 0 Å². The Bertz CT molecular complexity index is 1140. The molecule has 0 heterocycles. The van der Waals surface area contributed by atoms with Gasteiger partial charge in [-0.05, 0) is 0 Å². The molecule has 3 N–H and O–H groups in total. The molecule has 204 valence electrons. The summed E-state index contributed by atoms with van der Waals surface area (Å²) < 4.78 is 1.96. The summed E-state index contributed by atoms with van der Waals surface area (Å²) in [5.41, 5.74) is 15.7. The summed E-state index contributed by atoms with van der Waals surface area (Å²) in [6.45, 7) is 29.5. The van der Waals surface area contributed by atoms with Gasteiger partial charge in [0.05, 0.1) is 0 Å². The molecule has 12 heteroatoms. The SMILES string of the molecule is II.[C-]#[N+]CC(C#N)=NN[C](=[W])C(C)=C(C)C(C)=[C-]C.[C-]#[N+]CC(C#N)NN[C](=[W])C(C)=C(C)C(C)=[C-]C. The van der Waals surface area contributed by atoms with Gasteiger partial charge in [0.1, 0.15) is 0 Å². The number of hydrazone groups is 1. The fraction of sp³-hybridized carbons (Fsp3) is 0.423. The van der Waals surface area contributed by atoms with Crippen molar-refractivity contribution in [3.05, 3.63) is 68.4 Å². The van der Waals surface area contributed by atoms with Crippen molar-refractivity contribution in [2.24, 2.45) is 5.10 Å². The van der Waals surface area contributed by atoms with Gasteiger partial charge in [-0.1, -0.05) is 0 Å². The molecule has 0 saturated heterocycles. The summed E-state index contributed by atoms with van der Waals surface area (Å²) in [6.07, 6.45) is 6.21. The molecule has 1 unspecified atom stereocenters. The summed E-state index contributed by atoms with van der Waals surface area (Å²) in [5, 5.41) is 21.5. The first-order chi connectivity index (χ1) is 17.9. The van der Waals surface area contributed by atoms with Crippen LogP contribution in [0.3, 0.4) is 0 Å². The zero-order valence-electron chi connectivity index (χ0n) is 22.8. The van der Waals surface area contributed by atoms with E-state index in [9.17, 15) is 0 Å². The van der Waals surface area contributed by atoms with Crippen molar-refractivity contribution >= 4 is 51.0 Å². The van der Waals surface area contributed by atoms with Crippen molar-refractivity contribution in [3.63, 3.8) is 0 Å². The average molecular weight is 1080 g/mol. The van der Waals surface area contributed by atoms with Crippen LogP contribution in [0.1, 0.15) is 55.4 Å². The number of hydrogen-bond acceptors (Lipinski definition) is 6. The van der Waals surface area contributed by atoms with E-state index in [1.54, 1.807) is 0 Å². The van der Waals surface area contributed by atoms with Crippen molar-refractivity contribution in [1.29, 1.82) is 10.5 Å². The summed E-state index contributed by atoms with van der Waals surface area (Å²) in [6, 6.07) is 3.45. The Labute approximate surface area is 273 Å². The monoisotopic (exact) mass is 1080 g/mol. The molecule has 0 aromatic heterocycles. The molecule has 0 amide bonds. The molecule has 0 aromatic rings. The Hall–Kier alpha value is -1.11. The molecule has 0 radical (unpaired) electrons. The number of nitrogens with one attached hydrogen (secondary N) is 3. The van der Waals surface area contributed by atoms with E-state index in [0.29, 0.717) is 0 Å². The number of rotatable bonds is 11. The van der Waals surface area contributed by atoms with Crippen LogP contribution in [0.25, 0.3) is 9.69 Å². The second-order valence-corrected chi connectivity index (χ2v) is 10.2. The van der Waals surface area contributed by atoms with E-state index >= 15 is 0 Å². The van der Waals surface area contributed by atoms with Crippen molar-refractivity contribution in [1.82, 2.24) is 16.3 Å². The number of nitriles is 2. The maximum absolute atomic E-state index is 8.82. The molecule has 0 bridgehead atoms. The van der Waals surface area contributed by atoms with E-state index in [4.69, 9.17) is 23.7 Å². The Kier molecular flexibility index (Phi) is 28.4. The molecule has 0 spiro atoms. The number of allylic oxidation sites excluding steroid dienone is 6. The van der Waals surface area contributed by atoms with Crippen molar-refractivity contribution in [3.8, 4) is 12.1 Å². The summed E-state index contributed by atoms with van der Waals surface area (Å²) in [4.78, 5) is 6.34. The van der Waals surface area contributed by atoms with Gasteiger partial charge in [-0.2, -0.15) is 0 Å². The number of hydrogen-bond donors (Lipinski definition) is 3.